The van der Waals surface area contributed by atoms with Crippen LogP contribution in [0.5, 0.6) is 0 Å². The predicted molar refractivity (Wildman–Crippen MR) is 72.8 cm³/mol. The Morgan fingerprint density at radius 3 is 3.06 bits per heavy atom. The maximum Gasteiger partial charge on any atom is 0.222 e. The van der Waals surface area contributed by atoms with Crippen molar-refractivity contribution in [2.24, 2.45) is 0 Å². The summed E-state index contributed by atoms with van der Waals surface area (Å²) < 4.78 is 0. The number of amides is 1. The minimum absolute atomic E-state index is 0.239. The SMILES string of the molecule is CCCc1nnc(N[C@@H]2CCN(C(=O)CC)C2)s1. The molecule has 0 unspecified atom stereocenters. The number of nitrogens with zero attached hydrogens (tertiary/aromatic N) is 3. The van der Waals surface area contributed by atoms with Crippen molar-refractivity contribution in [3.8, 4) is 0 Å². The summed E-state index contributed by atoms with van der Waals surface area (Å²) in [4.78, 5) is 13.5. The molecule has 1 amide bonds. The van der Waals surface area contributed by atoms with Crippen LogP contribution < -0.4 is 5.32 Å². The lowest BCUT2D eigenvalue weighted by Gasteiger charge is -2.15. The number of likely N-dealkylation sites (tertiary alicyclic amines) is 1. The molecule has 0 saturated carbocycles. The second kappa shape index (κ2) is 6.13. The van der Waals surface area contributed by atoms with E-state index < -0.39 is 0 Å². The summed E-state index contributed by atoms with van der Waals surface area (Å²) >= 11 is 1.62. The minimum atomic E-state index is 0.239. The fourth-order valence-electron chi connectivity index (χ4n) is 2.13. The molecule has 0 aliphatic carbocycles. The number of hydrogen-bond acceptors (Lipinski definition) is 5. The standard InChI is InChI=1S/C12H20N4OS/c1-3-5-10-14-15-12(18-10)13-9-6-7-16(8-9)11(17)4-2/h9H,3-8H2,1-2H3,(H,13,15)/t9-/m1/s1. The molecule has 0 bridgehead atoms. The van der Waals surface area contributed by atoms with Gasteiger partial charge in [0.25, 0.3) is 0 Å². The summed E-state index contributed by atoms with van der Waals surface area (Å²) in [6.45, 7) is 5.69. The first-order valence-electron chi connectivity index (χ1n) is 6.59. The average Bonchev–Trinajstić information content (AvgIpc) is 2.99. The Morgan fingerprint density at radius 2 is 2.33 bits per heavy atom. The summed E-state index contributed by atoms with van der Waals surface area (Å²) in [6, 6.07) is 0.322. The van der Waals surface area contributed by atoms with Crippen LogP contribution in [0.1, 0.15) is 38.1 Å². The van der Waals surface area contributed by atoms with Crippen molar-refractivity contribution in [2.75, 3.05) is 18.4 Å². The summed E-state index contributed by atoms with van der Waals surface area (Å²) in [5, 5.41) is 13.6. The monoisotopic (exact) mass is 268 g/mol. The second-order valence-electron chi connectivity index (χ2n) is 4.57. The highest BCUT2D eigenvalue weighted by Gasteiger charge is 2.25. The van der Waals surface area contributed by atoms with Gasteiger partial charge in [0.1, 0.15) is 5.01 Å². The molecule has 0 radical (unpaired) electrons. The van der Waals surface area contributed by atoms with E-state index in [-0.39, 0.29) is 5.91 Å². The summed E-state index contributed by atoms with van der Waals surface area (Å²) in [6.07, 6.45) is 3.67. The first-order chi connectivity index (χ1) is 8.72. The Morgan fingerprint density at radius 1 is 1.50 bits per heavy atom. The van der Waals surface area contributed by atoms with Gasteiger partial charge in [0.05, 0.1) is 0 Å². The lowest BCUT2D eigenvalue weighted by atomic mass is 10.3. The molecule has 2 heterocycles. The highest BCUT2D eigenvalue weighted by Crippen LogP contribution is 2.20. The van der Waals surface area contributed by atoms with Crippen LogP contribution in [-0.4, -0.2) is 40.1 Å². The van der Waals surface area contributed by atoms with Gasteiger partial charge in [-0.15, -0.1) is 10.2 Å². The van der Waals surface area contributed by atoms with E-state index in [4.69, 9.17) is 0 Å². The number of carbonyl (C=O) groups is 1. The molecule has 0 spiro atoms. The zero-order valence-corrected chi connectivity index (χ0v) is 11.8. The molecule has 2 rings (SSSR count). The van der Waals surface area contributed by atoms with Crippen molar-refractivity contribution in [1.82, 2.24) is 15.1 Å². The average molecular weight is 268 g/mol. The van der Waals surface area contributed by atoms with Crippen LogP contribution in [0, 0.1) is 0 Å². The van der Waals surface area contributed by atoms with Crippen LogP contribution in [0.25, 0.3) is 0 Å². The molecule has 1 saturated heterocycles. The third kappa shape index (κ3) is 3.19. The third-order valence-electron chi connectivity index (χ3n) is 3.10. The topological polar surface area (TPSA) is 58.1 Å². The van der Waals surface area contributed by atoms with Crippen molar-refractivity contribution in [2.45, 2.75) is 45.6 Å². The maximum atomic E-state index is 11.6. The fraction of sp³-hybridized carbons (Fsp3) is 0.750. The summed E-state index contributed by atoms with van der Waals surface area (Å²) in [5.74, 6) is 0.239. The lowest BCUT2D eigenvalue weighted by molar-refractivity contribution is -0.129. The molecule has 1 aromatic rings. The molecular formula is C12H20N4OS. The molecular weight excluding hydrogens is 248 g/mol. The van der Waals surface area contributed by atoms with Crippen molar-refractivity contribution in [3.05, 3.63) is 5.01 Å². The lowest BCUT2D eigenvalue weighted by Crippen LogP contribution is -2.30. The molecule has 100 valence electrons. The number of aromatic nitrogens is 2. The van der Waals surface area contributed by atoms with Crippen LogP contribution in [0.2, 0.25) is 0 Å². The Labute approximate surface area is 112 Å². The Balaban J connectivity index is 1.85. The van der Waals surface area contributed by atoms with Crippen LogP contribution in [0.15, 0.2) is 0 Å². The molecule has 1 N–H and O–H groups in total. The minimum Gasteiger partial charge on any atom is -0.355 e. The van der Waals surface area contributed by atoms with Gasteiger partial charge < -0.3 is 10.2 Å². The largest absolute Gasteiger partial charge is 0.355 e. The van der Waals surface area contributed by atoms with Crippen molar-refractivity contribution < 1.29 is 4.79 Å². The quantitative estimate of drug-likeness (QED) is 0.886. The normalized spacial score (nSPS) is 19.2. The molecule has 1 fully saturated rings. The van der Waals surface area contributed by atoms with Gasteiger partial charge in [-0.25, -0.2) is 0 Å². The van der Waals surface area contributed by atoms with Gasteiger partial charge in [-0.3, -0.25) is 4.79 Å². The van der Waals surface area contributed by atoms with E-state index in [1.54, 1.807) is 11.3 Å². The highest BCUT2D eigenvalue weighted by atomic mass is 32.1. The van der Waals surface area contributed by atoms with E-state index in [1.165, 1.54) is 0 Å². The zero-order valence-electron chi connectivity index (χ0n) is 11.0. The van der Waals surface area contributed by atoms with Gasteiger partial charge in [-0.2, -0.15) is 0 Å². The number of carbonyl (C=O) groups excluding carboxylic acids is 1. The molecule has 18 heavy (non-hydrogen) atoms. The molecule has 1 aliphatic rings. The molecule has 6 heteroatoms. The molecule has 5 nitrogen and oxygen atoms in total. The number of nitrogens with one attached hydrogen (secondary N) is 1. The molecule has 1 aromatic heterocycles. The van der Waals surface area contributed by atoms with Crippen LogP contribution in [-0.2, 0) is 11.2 Å². The number of rotatable bonds is 5. The number of hydrogen-bond donors (Lipinski definition) is 1. The van der Waals surface area contributed by atoms with Gasteiger partial charge >= 0.3 is 0 Å². The van der Waals surface area contributed by atoms with Crippen LogP contribution in [0.3, 0.4) is 0 Å². The van der Waals surface area contributed by atoms with Crippen molar-refractivity contribution >= 4 is 22.4 Å². The Kier molecular flexibility index (Phi) is 4.52. The van der Waals surface area contributed by atoms with Gasteiger partial charge in [0.15, 0.2) is 0 Å². The summed E-state index contributed by atoms with van der Waals surface area (Å²) in [5.41, 5.74) is 0. The molecule has 0 aromatic carbocycles. The molecule has 1 aliphatic heterocycles. The van der Waals surface area contributed by atoms with E-state index in [1.807, 2.05) is 11.8 Å². The highest BCUT2D eigenvalue weighted by molar-refractivity contribution is 7.15. The van der Waals surface area contributed by atoms with Crippen molar-refractivity contribution in [1.29, 1.82) is 0 Å². The first-order valence-corrected chi connectivity index (χ1v) is 7.41. The Hall–Kier alpha value is -1.17. The molecule has 1 atom stereocenters. The summed E-state index contributed by atoms with van der Waals surface area (Å²) in [7, 11) is 0. The van der Waals surface area contributed by atoms with Crippen LogP contribution in [0.4, 0.5) is 5.13 Å². The van der Waals surface area contributed by atoms with Gasteiger partial charge in [-0.1, -0.05) is 25.2 Å². The van der Waals surface area contributed by atoms with E-state index in [2.05, 4.69) is 22.4 Å². The predicted octanol–water partition coefficient (Wildman–Crippen LogP) is 1.91. The van der Waals surface area contributed by atoms with Gasteiger partial charge in [0, 0.05) is 32.0 Å². The van der Waals surface area contributed by atoms with E-state index >= 15 is 0 Å². The van der Waals surface area contributed by atoms with E-state index in [0.29, 0.717) is 12.5 Å². The second-order valence-corrected chi connectivity index (χ2v) is 5.64. The van der Waals surface area contributed by atoms with E-state index in [0.717, 1.165) is 42.5 Å². The van der Waals surface area contributed by atoms with Crippen molar-refractivity contribution in [3.63, 3.8) is 0 Å². The van der Waals surface area contributed by atoms with E-state index in [9.17, 15) is 4.79 Å². The first kappa shape index (κ1) is 13.3. The number of aryl methyl sites for hydroxylation is 1. The number of anilines is 1. The smallest absolute Gasteiger partial charge is 0.222 e. The van der Waals surface area contributed by atoms with Crippen LogP contribution >= 0.6 is 11.3 Å². The Bertz CT molecular complexity index is 407. The third-order valence-corrected chi connectivity index (χ3v) is 4.02. The maximum absolute atomic E-state index is 11.6. The zero-order chi connectivity index (χ0) is 13.0. The van der Waals surface area contributed by atoms with Gasteiger partial charge in [-0.05, 0) is 12.8 Å². The fourth-order valence-corrected chi connectivity index (χ4v) is 3.05. The van der Waals surface area contributed by atoms with Gasteiger partial charge in [0.2, 0.25) is 11.0 Å².